The molecule has 0 amide bonds. The van der Waals surface area contributed by atoms with Crippen molar-refractivity contribution < 1.29 is 0 Å². The van der Waals surface area contributed by atoms with Crippen LogP contribution in [0.25, 0.3) is 0 Å². The Morgan fingerprint density at radius 2 is 1.88 bits per heavy atom. The van der Waals surface area contributed by atoms with Crippen LogP contribution < -0.4 is 5.32 Å². The van der Waals surface area contributed by atoms with E-state index < -0.39 is 0 Å². The highest BCUT2D eigenvalue weighted by atomic mass is 15.0. The van der Waals surface area contributed by atoms with Gasteiger partial charge in [-0.15, -0.1) is 0 Å². The van der Waals surface area contributed by atoms with Gasteiger partial charge in [0.15, 0.2) is 0 Å². The van der Waals surface area contributed by atoms with Gasteiger partial charge in [0.25, 0.3) is 0 Å². The van der Waals surface area contributed by atoms with E-state index in [1.165, 1.54) is 36.8 Å². The van der Waals surface area contributed by atoms with Crippen molar-refractivity contribution in [1.82, 2.24) is 5.32 Å². The minimum absolute atomic E-state index is 0.401. The molecule has 94 valence electrons. The second kappa shape index (κ2) is 5.22. The summed E-state index contributed by atoms with van der Waals surface area (Å²) in [6, 6.07) is 9.82. The first-order chi connectivity index (χ1) is 8.11. The van der Waals surface area contributed by atoms with E-state index in [0.29, 0.717) is 5.41 Å². The van der Waals surface area contributed by atoms with Gasteiger partial charge in [0.05, 0.1) is 0 Å². The number of aryl methyl sites for hydroxylation is 1. The Morgan fingerprint density at radius 3 is 2.41 bits per heavy atom. The lowest BCUT2D eigenvalue weighted by molar-refractivity contribution is 0.289. The summed E-state index contributed by atoms with van der Waals surface area (Å²) < 4.78 is 0. The molecule has 0 aromatic heterocycles. The normalized spacial score (nSPS) is 19.0. The Bertz CT molecular complexity index is 350. The van der Waals surface area contributed by atoms with Crippen molar-refractivity contribution in [3.8, 4) is 0 Å². The van der Waals surface area contributed by atoms with E-state index in [9.17, 15) is 0 Å². The number of rotatable bonds is 6. The zero-order chi connectivity index (χ0) is 12.3. The number of hydrogen-bond donors (Lipinski definition) is 1. The second-order valence-electron chi connectivity index (χ2n) is 5.98. The van der Waals surface area contributed by atoms with Gasteiger partial charge >= 0.3 is 0 Å². The predicted octanol–water partition coefficient (Wildman–Crippen LogP) is 3.71. The fourth-order valence-electron chi connectivity index (χ4n) is 2.19. The third-order valence-electron chi connectivity index (χ3n) is 4.00. The van der Waals surface area contributed by atoms with Crippen LogP contribution in [0, 0.1) is 12.3 Å². The topological polar surface area (TPSA) is 12.0 Å². The quantitative estimate of drug-likeness (QED) is 0.787. The first-order valence-corrected chi connectivity index (χ1v) is 6.90. The summed E-state index contributed by atoms with van der Waals surface area (Å²) in [4.78, 5) is 0. The van der Waals surface area contributed by atoms with Crippen LogP contribution in [-0.2, 0) is 6.42 Å². The van der Waals surface area contributed by atoms with Crippen LogP contribution in [0.4, 0.5) is 0 Å². The van der Waals surface area contributed by atoms with Crippen LogP contribution >= 0.6 is 0 Å². The maximum Gasteiger partial charge on any atom is 0.00684 e. The predicted molar refractivity (Wildman–Crippen MR) is 74.3 cm³/mol. The molecule has 0 radical (unpaired) electrons. The van der Waals surface area contributed by atoms with Crippen LogP contribution in [0.1, 0.15) is 44.2 Å². The average molecular weight is 231 g/mol. The summed E-state index contributed by atoms with van der Waals surface area (Å²) in [5.74, 6) is 0. The van der Waals surface area contributed by atoms with Crippen LogP contribution in [0.2, 0.25) is 0 Å². The maximum absolute atomic E-state index is 3.68. The lowest BCUT2D eigenvalue weighted by Gasteiger charge is -2.29. The van der Waals surface area contributed by atoms with Gasteiger partial charge in [-0.2, -0.15) is 0 Å². The van der Waals surface area contributed by atoms with Crippen LogP contribution in [0.3, 0.4) is 0 Å². The third-order valence-corrected chi connectivity index (χ3v) is 4.00. The molecule has 1 heteroatoms. The van der Waals surface area contributed by atoms with Crippen molar-refractivity contribution in [1.29, 1.82) is 0 Å². The summed E-state index contributed by atoms with van der Waals surface area (Å²) in [7, 11) is 0. The third kappa shape index (κ3) is 3.85. The summed E-state index contributed by atoms with van der Waals surface area (Å²) >= 11 is 0. The molecule has 2 rings (SSSR count). The number of benzene rings is 1. The molecule has 0 bridgehead atoms. The molecule has 0 aliphatic heterocycles. The van der Waals surface area contributed by atoms with Gasteiger partial charge in [0.2, 0.25) is 0 Å². The summed E-state index contributed by atoms with van der Waals surface area (Å²) in [6.45, 7) is 8.02. The molecular weight excluding hydrogens is 206 g/mol. The van der Waals surface area contributed by atoms with Gasteiger partial charge in [-0.1, -0.05) is 43.7 Å². The Morgan fingerprint density at radius 1 is 1.24 bits per heavy atom. The van der Waals surface area contributed by atoms with Crippen LogP contribution in [-0.4, -0.2) is 12.6 Å². The Balaban J connectivity index is 1.94. The van der Waals surface area contributed by atoms with E-state index in [4.69, 9.17) is 0 Å². The van der Waals surface area contributed by atoms with Gasteiger partial charge in [-0.25, -0.2) is 0 Å². The molecule has 0 saturated heterocycles. The van der Waals surface area contributed by atoms with Gasteiger partial charge < -0.3 is 5.32 Å². The van der Waals surface area contributed by atoms with Crippen molar-refractivity contribution in [2.45, 2.75) is 52.5 Å². The molecule has 0 spiro atoms. The lowest BCUT2D eigenvalue weighted by atomic mass is 9.81. The minimum atomic E-state index is 0.401. The van der Waals surface area contributed by atoms with Crippen LogP contribution in [0.15, 0.2) is 24.3 Å². The number of nitrogens with one attached hydrogen (secondary N) is 1. The highest BCUT2D eigenvalue weighted by Gasteiger charge is 2.27. The van der Waals surface area contributed by atoms with Gasteiger partial charge in [-0.05, 0) is 43.6 Å². The van der Waals surface area contributed by atoms with Crippen molar-refractivity contribution in [2.75, 3.05) is 6.54 Å². The minimum Gasteiger partial charge on any atom is -0.313 e. The first kappa shape index (κ1) is 12.6. The van der Waals surface area contributed by atoms with Crippen molar-refractivity contribution in [2.24, 2.45) is 5.41 Å². The van der Waals surface area contributed by atoms with Crippen molar-refractivity contribution >= 4 is 0 Å². The average Bonchev–Trinajstić information content (AvgIpc) is 3.14. The molecule has 1 unspecified atom stereocenters. The van der Waals surface area contributed by atoms with Gasteiger partial charge in [0, 0.05) is 12.6 Å². The van der Waals surface area contributed by atoms with Crippen LogP contribution in [0.5, 0.6) is 0 Å². The van der Waals surface area contributed by atoms with Crippen molar-refractivity contribution in [3.05, 3.63) is 35.4 Å². The molecule has 1 aromatic carbocycles. The smallest absolute Gasteiger partial charge is 0.00684 e. The Hall–Kier alpha value is -0.820. The Kier molecular flexibility index (Phi) is 3.88. The lowest BCUT2D eigenvalue weighted by Crippen LogP contribution is -2.34. The maximum atomic E-state index is 3.68. The fraction of sp³-hybridized carbons (Fsp3) is 0.625. The molecule has 1 aromatic rings. The first-order valence-electron chi connectivity index (χ1n) is 6.90. The summed E-state index contributed by atoms with van der Waals surface area (Å²) in [5, 5.41) is 3.68. The summed E-state index contributed by atoms with van der Waals surface area (Å²) in [5.41, 5.74) is 3.22. The Labute approximate surface area is 106 Å². The van der Waals surface area contributed by atoms with E-state index in [1.54, 1.807) is 0 Å². The number of hydrogen-bond acceptors (Lipinski definition) is 1. The standard InChI is InChI=1S/C16H25N/c1-4-16(3,12-17-15-9-10-15)11-14-7-5-13(2)6-8-14/h5-8,15,17H,4,9-12H2,1-3H3. The monoisotopic (exact) mass is 231 g/mol. The molecule has 1 N–H and O–H groups in total. The molecule has 1 aliphatic rings. The molecule has 1 saturated carbocycles. The van der Waals surface area contributed by atoms with E-state index in [1.807, 2.05) is 0 Å². The molecule has 1 atom stereocenters. The van der Waals surface area contributed by atoms with Gasteiger partial charge in [0.1, 0.15) is 0 Å². The molecule has 0 heterocycles. The molecule has 1 fully saturated rings. The largest absolute Gasteiger partial charge is 0.313 e. The van der Waals surface area contributed by atoms with Crippen molar-refractivity contribution in [3.63, 3.8) is 0 Å². The zero-order valence-corrected chi connectivity index (χ0v) is 11.4. The summed E-state index contributed by atoms with van der Waals surface area (Å²) in [6.07, 6.45) is 5.18. The molecule has 1 nitrogen and oxygen atoms in total. The van der Waals surface area contributed by atoms with E-state index in [0.717, 1.165) is 12.6 Å². The molecular formula is C16H25N. The highest BCUT2D eigenvalue weighted by molar-refractivity contribution is 5.22. The molecule has 1 aliphatic carbocycles. The zero-order valence-electron chi connectivity index (χ0n) is 11.4. The highest BCUT2D eigenvalue weighted by Crippen LogP contribution is 2.28. The molecule has 17 heavy (non-hydrogen) atoms. The second-order valence-corrected chi connectivity index (χ2v) is 5.98. The fourth-order valence-corrected chi connectivity index (χ4v) is 2.19. The SMILES string of the molecule is CCC(C)(CNC1CC1)Cc1ccc(C)cc1. The van der Waals surface area contributed by atoms with Gasteiger partial charge in [-0.3, -0.25) is 0 Å². The van der Waals surface area contributed by atoms with E-state index in [-0.39, 0.29) is 0 Å². The van der Waals surface area contributed by atoms with E-state index in [2.05, 4.69) is 50.4 Å². The van der Waals surface area contributed by atoms with E-state index >= 15 is 0 Å².